The van der Waals surface area contributed by atoms with E-state index in [0.717, 1.165) is 0 Å². The molecule has 42 heavy (non-hydrogen) atoms. The molecule has 2 heterocycles. The van der Waals surface area contributed by atoms with Gasteiger partial charge < -0.3 is 4.90 Å². The summed E-state index contributed by atoms with van der Waals surface area (Å²) in [6, 6.07) is 54.3. The van der Waals surface area contributed by atoms with E-state index >= 15 is 0 Å². The maximum absolute atomic E-state index is 2.51. The van der Waals surface area contributed by atoms with Crippen LogP contribution in [0.3, 0.4) is 0 Å². The van der Waals surface area contributed by atoms with Crippen molar-refractivity contribution in [1.29, 1.82) is 0 Å². The van der Waals surface area contributed by atoms with Crippen molar-refractivity contribution in [2.75, 3.05) is 4.90 Å². The van der Waals surface area contributed by atoms with Crippen LogP contribution in [-0.4, -0.2) is 6.71 Å². The topological polar surface area (TPSA) is 3.24 Å². The van der Waals surface area contributed by atoms with Crippen molar-refractivity contribution >= 4 is 83.3 Å². The van der Waals surface area contributed by atoms with E-state index in [9.17, 15) is 0 Å². The number of benzene rings is 8. The molecule has 0 N–H and O–H groups in total. The zero-order chi connectivity index (χ0) is 27.4. The quantitative estimate of drug-likeness (QED) is 0.152. The van der Waals surface area contributed by atoms with Gasteiger partial charge in [-0.25, -0.2) is 0 Å². The summed E-state index contributed by atoms with van der Waals surface area (Å²) in [5.41, 5.74) is 10.6. The van der Waals surface area contributed by atoms with Crippen LogP contribution in [0.4, 0.5) is 17.1 Å². The van der Waals surface area contributed by atoms with Crippen LogP contribution in [0, 0.1) is 0 Å². The van der Waals surface area contributed by atoms with Gasteiger partial charge in [-0.05, 0) is 95.5 Å². The Labute approximate surface area is 244 Å². The summed E-state index contributed by atoms with van der Waals surface area (Å²) in [6.45, 7) is 0.157. The molecule has 0 spiro atoms. The molecule has 2 heteroatoms. The van der Waals surface area contributed by atoms with Crippen molar-refractivity contribution in [1.82, 2.24) is 0 Å². The zero-order valence-electron chi connectivity index (χ0n) is 22.9. The van der Waals surface area contributed by atoms with Gasteiger partial charge in [0.25, 0.3) is 0 Å². The third-order valence-electron chi connectivity index (χ3n) is 9.57. The number of anilines is 3. The van der Waals surface area contributed by atoms with E-state index in [2.05, 4.69) is 150 Å². The van der Waals surface area contributed by atoms with Crippen LogP contribution in [-0.2, 0) is 0 Å². The Morgan fingerprint density at radius 3 is 1.95 bits per heavy atom. The molecule has 192 valence electrons. The van der Waals surface area contributed by atoms with Crippen LogP contribution >= 0.6 is 0 Å². The Kier molecular flexibility index (Phi) is 4.32. The van der Waals surface area contributed by atoms with Crippen LogP contribution in [0.15, 0.2) is 146 Å². The standard InChI is InChI=1S/C40H24BN/c1-2-10-26-21-30(20-19-25(26)9-1)42-37-18-8-16-33-34-22-29-13-5-6-14-31(29)32-15-7-17-35(39(32)34)41(40(33)37)36-23-27-11-3-4-12-28(27)24-38(36)42/h1-24H. The lowest BCUT2D eigenvalue weighted by Gasteiger charge is -2.40. The summed E-state index contributed by atoms with van der Waals surface area (Å²) in [6.07, 6.45) is 0. The number of hydrogen-bond acceptors (Lipinski definition) is 1. The maximum Gasteiger partial charge on any atom is 0.248 e. The highest BCUT2D eigenvalue weighted by atomic mass is 15.1. The fourth-order valence-corrected chi connectivity index (χ4v) is 7.80. The van der Waals surface area contributed by atoms with Gasteiger partial charge in [-0.3, -0.25) is 0 Å². The molecule has 0 aliphatic carbocycles. The molecule has 2 aliphatic rings. The van der Waals surface area contributed by atoms with Gasteiger partial charge in [0.1, 0.15) is 0 Å². The van der Waals surface area contributed by atoms with Gasteiger partial charge in [0, 0.05) is 17.1 Å². The molecule has 0 saturated heterocycles. The molecule has 0 amide bonds. The third-order valence-corrected chi connectivity index (χ3v) is 9.57. The highest BCUT2D eigenvalue weighted by molar-refractivity contribution is 7.01. The van der Waals surface area contributed by atoms with E-state index in [1.165, 1.54) is 87.7 Å². The lowest BCUT2D eigenvalue weighted by atomic mass is 9.32. The van der Waals surface area contributed by atoms with E-state index in [-0.39, 0.29) is 6.71 Å². The average Bonchev–Trinajstić information content (AvgIpc) is 3.05. The van der Waals surface area contributed by atoms with Crippen LogP contribution in [0.25, 0.3) is 54.2 Å². The smallest absolute Gasteiger partial charge is 0.248 e. The van der Waals surface area contributed by atoms with E-state index in [1.54, 1.807) is 0 Å². The summed E-state index contributed by atoms with van der Waals surface area (Å²) >= 11 is 0. The largest absolute Gasteiger partial charge is 0.311 e. The van der Waals surface area contributed by atoms with Crippen LogP contribution in [0.5, 0.6) is 0 Å². The van der Waals surface area contributed by atoms with E-state index in [1.807, 2.05) is 0 Å². The molecule has 2 aliphatic heterocycles. The van der Waals surface area contributed by atoms with Gasteiger partial charge in [0.2, 0.25) is 6.71 Å². The second-order valence-corrected chi connectivity index (χ2v) is 11.7. The molecule has 0 radical (unpaired) electrons. The second-order valence-electron chi connectivity index (χ2n) is 11.7. The molecule has 0 bridgehead atoms. The summed E-state index contributed by atoms with van der Waals surface area (Å²) in [5, 5.41) is 10.4. The summed E-state index contributed by atoms with van der Waals surface area (Å²) < 4.78 is 0. The van der Waals surface area contributed by atoms with Crippen molar-refractivity contribution in [3.63, 3.8) is 0 Å². The monoisotopic (exact) mass is 529 g/mol. The molecule has 0 aromatic heterocycles. The Morgan fingerprint density at radius 1 is 0.405 bits per heavy atom. The molecule has 10 rings (SSSR count). The lowest BCUT2D eigenvalue weighted by molar-refractivity contribution is 1.30. The Bertz CT molecular complexity index is 2440. The first-order valence-corrected chi connectivity index (χ1v) is 14.7. The number of hydrogen-bond donors (Lipinski definition) is 0. The predicted octanol–water partition coefficient (Wildman–Crippen LogP) is 8.58. The van der Waals surface area contributed by atoms with Gasteiger partial charge in [0.05, 0.1) is 0 Å². The number of fused-ring (bicyclic) bond motifs is 8. The summed E-state index contributed by atoms with van der Waals surface area (Å²) in [5.74, 6) is 0. The molecule has 1 nitrogen and oxygen atoms in total. The van der Waals surface area contributed by atoms with Crippen LogP contribution in [0.1, 0.15) is 0 Å². The van der Waals surface area contributed by atoms with Gasteiger partial charge in [-0.2, -0.15) is 0 Å². The molecule has 0 atom stereocenters. The first kappa shape index (κ1) is 22.4. The number of nitrogens with zero attached hydrogens (tertiary/aromatic N) is 1. The van der Waals surface area contributed by atoms with Crippen molar-refractivity contribution in [3.8, 4) is 11.1 Å². The Hall–Kier alpha value is -5.34. The summed E-state index contributed by atoms with van der Waals surface area (Å²) in [4.78, 5) is 2.51. The van der Waals surface area contributed by atoms with Crippen LogP contribution < -0.4 is 21.3 Å². The first-order chi connectivity index (χ1) is 20.8. The maximum atomic E-state index is 2.51. The van der Waals surface area contributed by atoms with Gasteiger partial charge >= 0.3 is 0 Å². The van der Waals surface area contributed by atoms with E-state index in [0.29, 0.717) is 0 Å². The predicted molar refractivity (Wildman–Crippen MR) is 181 cm³/mol. The van der Waals surface area contributed by atoms with Gasteiger partial charge in [-0.15, -0.1) is 0 Å². The molecular formula is C40H24BN. The second kappa shape index (κ2) is 8.12. The highest BCUT2D eigenvalue weighted by Crippen LogP contribution is 2.44. The van der Waals surface area contributed by atoms with Crippen molar-refractivity contribution in [2.45, 2.75) is 0 Å². The molecule has 8 aromatic carbocycles. The first-order valence-electron chi connectivity index (χ1n) is 14.7. The minimum atomic E-state index is 0.157. The lowest BCUT2D eigenvalue weighted by Crippen LogP contribution is -2.59. The third kappa shape index (κ3) is 2.89. The molecule has 0 fully saturated rings. The Balaban J connectivity index is 1.37. The van der Waals surface area contributed by atoms with Crippen LogP contribution in [0.2, 0.25) is 0 Å². The van der Waals surface area contributed by atoms with Gasteiger partial charge in [-0.1, -0.05) is 121 Å². The SMILES string of the molecule is c1cc2c3c(c1)N(c1ccc4ccccc4c1)c1cc4ccccc4cc1B3c1cccc3c1c-2cc1ccccc13. The molecule has 0 saturated carbocycles. The Morgan fingerprint density at radius 2 is 1.10 bits per heavy atom. The zero-order valence-corrected chi connectivity index (χ0v) is 22.9. The average molecular weight is 529 g/mol. The minimum absolute atomic E-state index is 0.157. The van der Waals surface area contributed by atoms with Crippen molar-refractivity contribution in [3.05, 3.63) is 146 Å². The minimum Gasteiger partial charge on any atom is -0.311 e. The van der Waals surface area contributed by atoms with Crippen molar-refractivity contribution in [2.24, 2.45) is 0 Å². The fraction of sp³-hybridized carbons (Fsp3) is 0. The fourth-order valence-electron chi connectivity index (χ4n) is 7.80. The van der Waals surface area contributed by atoms with Crippen molar-refractivity contribution < 1.29 is 0 Å². The van der Waals surface area contributed by atoms with Gasteiger partial charge in [0.15, 0.2) is 0 Å². The number of rotatable bonds is 1. The summed E-state index contributed by atoms with van der Waals surface area (Å²) in [7, 11) is 0. The van der Waals surface area contributed by atoms with E-state index in [4.69, 9.17) is 0 Å². The highest BCUT2D eigenvalue weighted by Gasteiger charge is 2.41. The molecular weight excluding hydrogens is 505 g/mol. The molecule has 8 aromatic rings. The normalized spacial score (nSPS) is 13.1. The van der Waals surface area contributed by atoms with E-state index < -0.39 is 0 Å². The molecule has 0 unspecified atom stereocenters.